The van der Waals surface area contributed by atoms with Crippen LogP contribution in [0, 0.1) is 0 Å². The van der Waals surface area contributed by atoms with Crippen LogP contribution in [0.4, 0.5) is 13.2 Å². The average molecular weight is 288 g/mol. The van der Waals surface area contributed by atoms with E-state index in [4.69, 9.17) is 5.73 Å². The summed E-state index contributed by atoms with van der Waals surface area (Å²) in [6.45, 7) is 1.67. The van der Waals surface area contributed by atoms with Crippen molar-refractivity contribution in [3.8, 4) is 0 Å². The van der Waals surface area contributed by atoms with E-state index in [1.54, 1.807) is 6.92 Å². The van der Waals surface area contributed by atoms with Gasteiger partial charge in [0.25, 0.3) is 0 Å². The maximum absolute atomic E-state index is 12.5. The maximum Gasteiger partial charge on any atom is 0.416 e. The molecule has 0 aliphatic rings. The van der Waals surface area contributed by atoms with Gasteiger partial charge in [0.2, 0.25) is 11.8 Å². The predicted octanol–water partition coefficient (Wildman–Crippen LogP) is 1.63. The summed E-state index contributed by atoms with van der Waals surface area (Å²) in [5.41, 5.74) is 4.47. The summed E-state index contributed by atoms with van der Waals surface area (Å²) in [6, 6.07) is 3.68. The van der Waals surface area contributed by atoms with Gasteiger partial charge in [0.15, 0.2) is 0 Å². The van der Waals surface area contributed by atoms with Crippen LogP contribution in [0.1, 0.15) is 24.5 Å². The van der Waals surface area contributed by atoms with Gasteiger partial charge in [-0.3, -0.25) is 9.59 Å². The first-order valence-corrected chi connectivity index (χ1v) is 5.99. The van der Waals surface area contributed by atoms with E-state index in [2.05, 4.69) is 5.32 Å². The monoisotopic (exact) mass is 288 g/mol. The van der Waals surface area contributed by atoms with E-state index in [0.717, 1.165) is 12.1 Å². The molecule has 0 saturated carbocycles. The van der Waals surface area contributed by atoms with Crippen LogP contribution in [-0.2, 0) is 22.2 Å². The third kappa shape index (κ3) is 4.56. The zero-order valence-corrected chi connectivity index (χ0v) is 10.8. The number of amides is 2. The van der Waals surface area contributed by atoms with Crippen molar-refractivity contribution < 1.29 is 22.8 Å². The zero-order chi connectivity index (χ0) is 15.3. The maximum atomic E-state index is 12.5. The second-order valence-electron chi connectivity index (χ2n) is 4.31. The highest BCUT2D eigenvalue weighted by atomic mass is 19.4. The molecule has 0 heterocycles. The summed E-state index contributed by atoms with van der Waals surface area (Å²) < 4.78 is 37.5. The highest BCUT2D eigenvalue weighted by Gasteiger charge is 2.30. The van der Waals surface area contributed by atoms with Crippen LogP contribution < -0.4 is 11.1 Å². The van der Waals surface area contributed by atoms with Gasteiger partial charge in [-0.2, -0.15) is 13.2 Å². The lowest BCUT2D eigenvalue weighted by atomic mass is 10.1. The van der Waals surface area contributed by atoms with Crippen molar-refractivity contribution in [2.45, 2.75) is 32.0 Å². The molecule has 0 fully saturated rings. The normalized spacial score (nSPS) is 12.8. The van der Waals surface area contributed by atoms with Crippen LogP contribution in [-0.4, -0.2) is 17.9 Å². The van der Waals surface area contributed by atoms with Crippen LogP contribution in [0.2, 0.25) is 0 Å². The number of carbonyl (C=O) groups excluding carboxylic acids is 2. The molecule has 2 amide bonds. The Hall–Kier alpha value is -2.05. The summed E-state index contributed by atoms with van der Waals surface area (Å²) in [5, 5.41) is 2.38. The molecular formula is C13H15F3N2O2. The van der Waals surface area contributed by atoms with Crippen LogP contribution in [0.5, 0.6) is 0 Å². The first-order valence-electron chi connectivity index (χ1n) is 5.99. The van der Waals surface area contributed by atoms with Crippen LogP contribution in [0.25, 0.3) is 0 Å². The van der Waals surface area contributed by atoms with Gasteiger partial charge in [-0.05, 0) is 18.1 Å². The Morgan fingerprint density at radius 3 is 2.50 bits per heavy atom. The number of alkyl halides is 3. The van der Waals surface area contributed by atoms with Gasteiger partial charge >= 0.3 is 6.18 Å². The van der Waals surface area contributed by atoms with Crippen molar-refractivity contribution in [3.63, 3.8) is 0 Å². The summed E-state index contributed by atoms with van der Waals surface area (Å²) in [6.07, 6.45) is -4.37. The molecule has 110 valence electrons. The molecule has 1 atom stereocenters. The second kappa shape index (κ2) is 6.40. The molecule has 0 radical (unpaired) electrons. The van der Waals surface area contributed by atoms with Crippen LogP contribution in [0.3, 0.4) is 0 Å². The number of benzene rings is 1. The Morgan fingerprint density at radius 2 is 2.00 bits per heavy atom. The van der Waals surface area contributed by atoms with Crippen molar-refractivity contribution in [1.29, 1.82) is 0 Å². The lowest BCUT2D eigenvalue weighted by Gasteiger charge is -2.13. The number of hydrogen-bond donors (Lipinski definition) is 2. The van der Waals surface area contributed by atoms with E-state index >= 15 is 0 Å². The zero-order valence-electron chi connectivity index (χ0n) is 10.8. The SMILES string of the molecule is CC[C@@H](NC(=O)Cc1cccc(C(F)(F)F)c1)C(N)=O. The summed E-state index contributed by atoms with van der Waals surface area (Å²) in [5.74, 6) is -1.22. The van der Waals surface area contributed by atoms with Gasteiger partial charge in [0.1, 0.15) is 6.04 Å². The van der Waals surface area contributed by atoms with Gasteiger partial charge in [0, 0.05) is 0 Å². The summed E-state index contributed by atoms with van der Waals surface area (Å²) >= 11 is 0. The van der Waals surface area contributed by atoms with Crippen molar-refractivity contribution in [3.05, 3.63) is 35.4 Å². The largest absolute Gasteiger partial charge is 0.416 e. The van der Waals surface area contributed by atoms with Gasteiger partial charge < -0.3 is 11.1 Å². The molecule has 20 heavy (non-hydrogen) atoms. The van der Waals surface area contributed by atoms with Crippen molar-refractivity contribution in [2.24, 2.45) is 5.73 Å². The standard InChI is InChI=1S/C13H15F3N2O2/c1-2-10(12(17)20)18-11(19)7-8-4-3-5-9(6-8)13(14,15)16/h3-6,10H,2,7H2,1H3,(H2,17,20)(H,18,19)/t10-/m1/s1. The fraction of sp³-hybridized carbons (Fsp3) is 0.385. The molecule has 0 bridgehead atoms. The molecule has 1 aromatic rings. The van der Waals surface area contributed by atoms with E-state index in [0.29, 0.717) is 6.42 Å². The Morgan fingerprint density at radius 1 is 1.35 bits per heavy atom. The third-order valence-corrected chi connectivity index (χ3v) is 2.71. The van der Waals surface area contributed by atoms with Gasteiger partial charge in [-0.25, -0.2) is 0 Å². The Labute approximate surface area is 114 Å². The van der Waals surface area contributed by atoms with E-state index in [1.807, 2.05) is 0 Å². The average Bonchev–Trinajstić information content (AvgIpc) is 2.34. The number of hydrogen-bond acceptors (Lipinski definition) is 2. The fourth-order valence-electron chi connectivity index (χ4n) is 1.66. The van der Waals surface area contributed by atoms with E-state index in [-0.39, 0.29) is 12.0 Å². The first-order chi connectivity index (χ1) is 9.24. The molecule has 0 aromatic heterocycles. The van der Waals surface area contributed by atoms with Gasteiger partial charge in [0.05, 0.1) is 12.0 Å². The molecule has 1 aromatic carbocycles. The topological polar surface area (TPSA) is 72.2 Å². The molecular weight excluding hydrogens is 273 g/mol. The fourth-order valence-corrected chi connectivity index (χ4v) is 1.66. The Kier molecular flexibility index (Phi) is 5.12. The summed E-state index contributed by atoms with van der Waals surface area (Å²) in [7, 11) is 0. The molecule has 3 N–H and O–H groups in total. The highest BCUT2D eigenvalue weighted by molar-refractivity contribution is 5.87. The molecule has 1 rings (SSSR count). The quantitative estimate of drug-likeness (QED) is 0.864. The summed E-state index contributed by atoms with van der Waals surface area (Å²) in [4.78, 5) is 22.6. The highest BCUT2D eigenvalue weighted by Crippen LogP contribution is 2.29. The lowest BCUT2D eigenvalue weighted by molar-refractivity contribution is -0.137. The Balaban J connectivity index is 2.74. The molecule has 0 aliphatic heterocycles. The number of primary amides is 1. The van der Waals surface area contributed by atoms with E-state index < -0.39 is 29.6 Å². The van der Waals surface area contributed by atoms with Gasteiger partial charge in [-0.15, -0.1) is 0 Å². The lowest BCUT2D eigenvalue weighted by Crippen LogP contribution is -2.44. The Bertz CT molecular complexity index is 501. The van der Waals surface area contributed by atoms with Crippen molar-refractivity contribution in [2.75, 3.05) is 0 Å². The third-order valence-electron chi connectivity index (χ3n) is 2.71. The van der Waals surface area contributed by atoms with Gasteiger partial charge in [-0.1, -0.05) is 25.1 Å². The first kappa shape index (κ1) is 16.0. The van der Waals surface area contributed by atoms with E-state index in [1.165, 1.54) is 12.1 Å². The van der Waals surface area contributed by atoms with Crippen molar-refractivity contribution >= 4 is 11.8 Å². The molecule has 4 nitrogen and oxygen atoms in total. The minimum Gasteiger partial charge on any atom is -0.368 e. The molecule has 0 saturated heterocycles. The molecule has 0 spiro atoms. The second-order valence-corrected chi connectivity index (χ2v) is 4.31. The number of nitrogens with two attached hydrogens (primary N) is 1. The van der Waals surface area contributed by atoms with Crippen LogP contribution in [0.15, 0.2) is 24.3 Å². The number of halogens is 3. The number of carbonyl (C=O) groups is 2. The molecule has 0 aliphatic carbocycles. The minimum absolute atomic E-state index is 0.219. The number of nitrogens with one attached hydrogen (secondary N) is 1. The van der Waals surface area contributed by atoms with E-state index in [9.17, 15) is 22.8 Å². The molecule has 7 heteroatoms. The molecule has 0 unspecified atom stereocenters. The number of rotatable bonds is 5. The van der Waals surface area contributed by atoms with Crippen LogP contribution >= 0.6 is 0 Å². The minimum atomic E-state index is -4.45. The smallest absolute Gasteiger partial charge is 0.368 e. The van der Waals surface area contributed by atoms with Crippen molar-refractivity contribution in [1.82, 2.24) is 5.32 Å². The predicted molar refractivity (Wildman–Crippen MR) is 66.6 cm³/mol.